The molecule has 9 atom stereocenters. The summed E-state index contributed by atoms with van der Waals surface area (Å²) >= 11 is 0. The summed E-state index contributed by atoms with van der Waals surface area (Å²) in [4.78, 5) is 11.0. The van der Waals surface area contributed by atoms with Crippen molar-refractivity contribution in [3.8, 4) is 0 Å². The van der Waals surface area contributed by atoms with E-state index >= 15 is 0 Å². The standard InChI is InChI=1S/C24H40O3.C5H12.6C2H6/c1-15(7-10-21(26)27)17-8-9-18-22-19(11-13-24(17,18)3)23(2)12-5-4-6-16(23)14-20(22)25;1-3-5-4-2;6*1-2/h15-20,22,25H,4-14H2,1-3H3,(H,26,27);3-5H2,1-2H3;6*1-2H3/t15-,16?,17?,18+,19?,20?,22?,23?,24?;;;;;;;/m1......./s1. The molecule has 0 aromatic heterocycles. The first-order valence-electron chi connectivity index (χ1n) is 20.1. The Hall–Kier alpha value is -0.570. The zero-order chi connectivity index (χ0) is 35.5. The molecular weight excluding hydrogens is 540 g/mol. The Kier molecular flexibility index (Phi) is 34.1. The first-order valence-corrected chi connectivity index (χ1v) is 20.1. The zero-order valence-electron chi connectivity index (χ0n) is 33.7. The second kappa shape index (κ2) is 29.8. The average Bonchev–Trinajstić information content (AvgIpc) is 3.43. The van der Waals surface area contributed by atoms with Crippen molar-refractivity contribution in [1.29, 1.82) is 0 Å². The smallest absolute Gasteiger partial charge is 0.303 e. The van der Waals surface area contributed by atoms with Crippen LogP contribution in [0.25, 0.3) is 0 Å². The molecule has 0 spiro atoms. The minimum absolute atomic E-state index is 0.108. The number of carboxylic acid groups (broad SMARTS) is 1. The van der Waals surface area contributed by atoms with Gasteiger partial charge in [-0.15, -0.1) is 0 Å². The average molecular weight is 629 g/mol. The molecule has 0 aromatic carbocycles. The molecule has 4 rings (SSSR count). The highest BCUT2D eigenvalue weighted by Crippen LogP contribution is 2.68. The molecule has 0 aromatic rings. The lowest BCUT2D eigenvalue weighted by molar-refractivity contribution is -0.164. The predicted octanol–water partition coefficient (Wildman–Crippen LogP) is 13.9. The fourth-order valence-corrected chi connectivity index (χ4v) is 9.14. The van der Waals surface area contributed by atoms with Gasteiger partial charge in [-0.2, -0.15) is 0 Å². The fraction of sp³-hybridized carbons (Fsp3) is 0.976. The molecule has 3 heteroatoms. The third-order valence-electron chi connectivity index (χ3n) is 10.9. The number of carbonyl (C=O) groups is 1. The van der Waals surface area contributed by atoms with Crippen LogP contribution in [0.5, 0.6) is 0 Å². The molecule has 7 unspecified atom stereocenters. The van der Waals surface area contributed by atoms with Crippen LogP contribution in [0.4, 0.5) is 0 Å². The van der Waals surface area contributed by atoms with E-state index in [0.29, 0.717) is 46.8 Å². The van der Waals surface area contributed by atoms with Crippen LogP contribution >= 0.6 is 0 Å². The summed E-state index contributed by atoms with van der Waals surface area (Å²) in [5.41, 5.74) is 0.758. The molecule has 0 aliphatic heterocycles. The maximum Gasteiger partial charge on any atom is 0.303 e. The predicted molar refractivity (Wildman–Crippen MR) is 201 cm³/mol. The van der Waals surface area contributed by atoms with Gasteiger partial charge < -0.3 is 10.2 Å². The normalized spacial score (nSPS) is 32.7. The molecule has 0 amide bonds. The van der Waals surface area contributed by atoms with Gasteiger partial charge in [0.2, 0.25) is 0 Å². The minimum atomic E-state index is -0.663. The van der Waals surface area contributed by atoms with E-state index in [2.05, 4.69) is 34.6 Å². The summed E-state index contributed by atoms with van der Waals surface area (Å²) in [6.07, 6.45) is 16.6. The molecule has 3 nitrogen and oxygen atoms in total. The molecule has 4 aliphatic rings. The number of rotatable bonds is 6. The number of hydrogen-bond donors (Lipinski definition) is 2. The summed E-state index contributed by atoms with van der Waals surface area (Å²) in [5.74, 6) is 3.02. The summed E-state index contributed by atoms with van der Waals surface area (Å²) in [5, 5.41) is 20.3. The number of hydrogen-bond acceptors (Lipinski definition) is 2. The van der Waals surface area contributed by atoms with Crippen molar-refractivity contribution in [2.24, 2.45) is 46.3 Å². The van der Waals surface area contributed by atoms with Gasteiger partial charge in [0.15, 0.2) is 0 Å². The van der Waals surface area contributed by atoms with Crippen LogP contribution in [0.2, 0.25) is 0 Å². The van der Waals surface area contributed by atoms with Crippen molar-refractivity contribution >= 4 is 5.97 Å². The number of aliphatic hydroxyl groups excluding tert-OH is 1. The SMILES string of the molecule is CC.CC.CC.CC.CC.CC.CCCCC.C[C@H](CCC(=O)O)C1CC[C@H]2C3C(O)CC4CCCCC4(C)C3CCC12C. The van der Waals surface area contributed by atoms with Gasteiger partial charge in [0, 0.05) is 6.42 Å². The number of unbranched alkanes of at least 4 members (excludes halogenated alkanes) is 2. The fourth-order valence-electron chi connectivity index (χ4n) is 9.14. The lowest BCUT2D eigenvalue weighted by Gasteiger charge is -2.62. The van der Waals surface area contributed by atoms with E-state index in [0.717, 1.165) is 18.8 Å². The quantitative estimate of drug-likeness (QED) is 0.308. The Balaban J connectivity index is -0.000000402. The molecule has 0 radical (unpaired) electrons. The van der Waals surface area contributed by atoms with E-state index in [1.807, 2.05) is 83.1 Å². The second-order valence-corrected chi connectivity index (χ2v) is 12.5. The van der Waals surface area contributed by atoms with Crippen LogP contribution in [-0.2, 0) is 4.79 Å². The van der Waals surface area contributed by atoms with Crippen LogP contribution in [0, 0.1) is 46.3 Å². The van der Waals surface area contributed by atoms with E-state index in [1.165, 1.54) is 70.6 Å². The van der Waals surface area contributed by atoms with Gasteiger partial charge in [-0.3, -0.25) is 4.79 Å². The van der Waals surface area contributed by atoms with Crippen LogP contribution in [-0.4, -0.2) is 22.3 Å². The Labute approximate surface area is 280 Å². The highest BCUT2D eigenvalue weighted by atomic mass is 16.4. The molecule has 44 heavy (non-hydrogen) atoms. The highest BCUT2D eigenvalue weighted by Gasteiger charge is 2.62. The van der Waals surface area contributed by atoms with Gasteiger partial charge in [-0.05, 0) is 97.7 Å². The Morgan fingerprint density at radius 1 is 0.727 bits per heavy atom. The molecular formula is C41H88O3. The second-order valence-electron chi connectivity index (χ2n) is 12.5. The first kappa shape index (κ1) is 50.3. The number of fused-ring (bicyclic) bond motifs is 5. The Bertz CT molecular complexity index is 617. The van der Waals surface area contributed by atoms with Gasteiger partial charge >= 0.3 is 5.97 Å². The van der Waals surface area contributed by atoms with E-state index in [-0.39, 0.29) is 6.10 Å². The van der Waals surface area contributed by atoms with E-state index in [4.69, 9.17) is 5.11 Å². The minimum Gasteiger partial charge on any atom is -0.481 e. The van der Waals surface area contributed by atoms with Gasteiger partial charge in [0.25, 0.3) is 0 Å². The summed E-state index contributed by atoms with van der Waals surface area (Å²) in [6.45, 7) is 35.8. The van der Waals surface area contributed by atoms with Gasteiger partial charge in [0.1, 0.15) is 0 Å². The monoisotopic (exact) mass is 629 g/mol. The van der Waals surface area contributed by atoms with Crippen LogP contribution < -0.4 is 0 Å². The van der Waals surface area contributed by atoms with Crippen LogP contribution in [0.3, 0.4) is 0 Å². The Morgan fingerprint density at radius 2 is 1.23 bits per heavy atom. The topological polar surface area (TPSA) is 57.5 Å². The zero-order valence-corrected chi connectivity index (χ0v) is 33.7. The summed E-state index contributed by atoms with van der Waals surface area (Å²) in [6, 6.07) is 0. The van der Waals surface area contributed by atoms with E-state index in [9.17, 15) is 9.90 Å². The molecule has 4 fully saturated rings. The lowest BCUT2D eigenvalue weighted by atomic mass is 9.44. The van der Waals surface area contributed by atoms with Crippen molar-refractivity contribution in [3.05, 3.63) is 0 Å². The molecule has 0 heterocycles. The molecule has 4 aliphatic carbocycles. The largest absolute Gasteiger partial charge is 0.481 e. The lowest BCUT2D eigenvalue weighted by Crippen LogP contribution is -2.57. The molecule has 2 N–H and O–H groups in total. The van der Waals surface area contributed by atoms with Crippen LogP contribution in [0.15, 0.2) is 0 Å². The van der Waals surface area contributed by atoms with Crippen molar-refractivity contribution in [2.75, 3.05) is 0 Å². The maximum absolute atomic E-state index is 11.2. The van der Waals surface area contributed by atoms with Gasteiger partial charge in [-0.1, -0.05) is 150 Å². The number of aliphatic hydroxyl groups is 1. The summed E-state index contributed by atoms with van der Waals surface area (Å²) in [7, 11) is 0. The molecule has 4 saturated carbocycles. The van der Waals surface area contributed by atoms with Crippen molar-refractivity contribution in [1.82, 2.24) is 0 Å². The van der Waals surface area contributed by atoms with Crippen LogP contribution in [0.1, 0.15) is 208 Å². The third-order valence-corrected chi connectivity index (χ3v) is 10.9. The molecule has 270 valence electrons. The Morgan fingerprint density at radius 3 is 1.68 bits per heavy atom. The van der Waals surface area contributed by atoms with Crippen molar-refractivity contribution in [3.63, 3.8) is 0 Å². The first-order chi connectivity index (χ1) is 21.2. The third kappa shape index (κ3) is 14.0. The van der Waals surface area contributed by atoms with Gasteiger partial charge in [0.05, 0.1) is 6.10 Å². The van der Waals surface area contributed by atoms with E-state index < -0.39 is 5.97 Å². The maximum atomic E-state index is 11.2. The van der Waals surface area contributed by atoms with Crippen molar-refractivity contribution in [2.45, 2.75) is 214 Å². The highest BCUT2D eigenvalue weighted by molar-refractivity contribution is 5.66. The number of aliphatic carboxylic acids is 1. The van der Waals surface area contributed by atoms with Gasteiger partial charge in [-0.25, -0.2) is 0 Å². The number of carboxylic acids is 1. The van der Waals surface area contributed by atoms with E-state index in [1.54, 1.807) is 0 Å². The van der Waals surface area contributed by atoms with Crippen molar-refractivity contribution < 1.29 is 15.0 Å². The molecule has 0 bridgehead atoms. The molecule has 0 saturated heterocycles. The summed E-state index contributed by atoms with van der Waals surface area (Å²) < 4.78 is 0.